The first-order chi connectivity index (χ1) is 11.5. The zero-order valence-electron chi connectivity index (χ0n) is 14.0. The molecule has 0 aliphatic heterocycles. The molecule has 1 aliphatic carbocycles. The predicted octanol–water partition coefficient (Wildman–Crippen LogP) is 1.08. The first-order valence-corrected chi connectivity index (χ1v) is 8.36. The van der Waals surface area contributed by atoms with Gasteiger partial charge in [0.25, 0.3) is 11.5 Å². The lowest BCUT2D eigenvalue weighted by Crippen LogP contribution is -2.38. The zero-order chi connectivity index (χ0) is 17.3. The van der Waals surface area contributed by atoms with Gasteiger partial charge >= 0.3 is 5.69 Å². The van der Waals surface area contributed by atoms with Gasteiger partial charge in [0.15, 0.2) is 0 Å². The number of amides is 1. The van der Waals surface area contributed by atoms with E-state index in [9.17, 15) is 14.4 Å². The van der Waals surface area contributed by atoms with Crippen LogP contribution in [0.25, 0.3) is 11.0 Å². The van der Waals surface area contributed by atoms with Crippen molar-refractivity contribution in [3.63, 3.8) is 0 Å². The largest absolute Gasteiger partial charge is 0.348 e. The van der Waals surface area contributed by atoms with Gasteiger partial charge in [-0.25, -0.2) is 9.78 Å². The van der Waals surface area contributed by atoms with Gasteiger partial charge in [-0.05, 0) is 25.0 Å². The maximum atomic E-state index is 12.5. The molecule has 2 heterocycles. The highest BCUT2D eigenvalue weighted by Gasteiger charge is 2.18. The Balaban J connectivity index is 1.94. The number of aryl methyl sites for hydroxylation is 1. The lowest BCUT2D eigenvalue weighted by Gasteiger charge is -2.16. The van der Waals surface area contributed by atoms with E-state index in [0.717, 1.165) is 30.3 Å². The molecule has 1 saturated carbocycles. The van der Waals surface area contributed by atoms with Gasteiger partial charge in [-0.3, -0.25) is 18.7 Å². The van der Waals surface area contributed by atoms with E-state index in [2.05, 4.69) is 10.3 Å². The van der Waals surface area contributed by atoms with E-state index >= 15 is 0 Å². The summed E-state index contributed by atoms with van der Waals surface area (Å²) in [5.41, 5.74) is -0.399. The second-order valence-corrected chi connectivity index (χ2v) is 6.44. The van der Waals surface area contributed by atoms with Crippen LogP contribution < -0.4 is 16.6 Å². The van der Waals surface area contributed by atoms with Crippen LogP contribution in [0.2, 0.25) is 0 Å². The Labute approximate surface area is 139 Å². The predicted molar refractivity (Wildman–Crippen MR) is 91.2 cm³/mol. The van der Waals surface area contributed by atoms with E-state index in [1.807, 2.05) is 0 Å². The molecular weight excluding hydrogens is 308 g/mol. The van der Waals surface area contributed by atoms with Gasteiger partial charge in [-0.2, -0.15) is 0 Å². The van der Waals surface area contributed by atoms with Crippen molar-refractivity contribution in [2.75, 3.05) is 0 Å². The number of hydrogen-bond donors (Lipinski definition) is 1. The topological polar surface area (TPSA) is 86.0 Å². The number of carbonyl (C=O) groups excluding carboxylic acids is 1. The monoisotopic (exact) mass is 330 g/mol. The third-order valence-corrected chi connectivity index (χ3v) is 4.72. The lowest BCUT2D eigenvalue weighted by molar-refractivity contribution is 0.0928. The third-order valence-electron chi connectivity index (χ3n) is 4.72. The van der Waals surface area contributed by atoms with Crippen LogP contribution in [-0.4, -0.2) is 26.1 Å². The fourth-order valence-corrected chi connectivity index (χ4v) is 3.26. The van der Waals surface area contributed by atoms with Crippen molar-refractivity contribution in [3.05, 3.63) is 38.7 Å². The van der Waals surface area contributed by atoms with Crippen LogP contribution in [0.3, 0.4) is 0 Å². The van der Waals surface area contributed by atoms with Crippen molar-refractivity contribution < 1.29 is 4.79 Å². The summed E-state index contributed by atoms with van der Waals surface area (Å²) in [6.45, 7) is 0. The number of fused-ring (bicyclic) bond motifs is 1. The fraction of sp³-hybridized carbons (Fsp3) is 0.529. The maximum Gasteiger partial charge on any atom is 0.332 e. The molecule has 1 N–H and O–H groups in total. The molecule has 0 aromatic carbocycles. The number of aromatic nitrogens is 3. The van der Waals surface area contributed by atoms with E-state index in [4.69, 9.17) is 0 Å². The highest BCUT2D eigenvalue weighted by molar-refractivity contribution is 5.94. The highest BCUT2D eigenvalue weighted by atomic mass is 16.2. The van der Waals surface area contributed by atoms with Crippen molar-refractivity contribution in [1.29, 1.82) is 0 Å². The Hall–Kier alpha value is -2.44. The molecule has 1 aliphatic rings. The van der Waals surface area contributed by atoms with Crippen molar-refractivity contribution in [2.45, 2.75) is 44.6 Å². The van der Waals surface area contributed by atoms with Gasteiger partial charge in [-0.1, -0.05) is 25.7 Å². The van der Waals surface area contributed by atoms with Gasteiger partial charge < -0.3 is 5.32 Å². The summed E-state index contributed by atoms with van der Waals surface area (Å²) in [5, 5.41) is 3.35. The summed E-state index contributed by atoms with van der Waals surface area (Å²) in [6, 6.07) is 3.27. The van der Waals surface area contributed by atoms with E-state index in [-0.39, 0.29) is 23.3 Å². The van der Waals surface area contributed by atoms with E-state index < -0.39 is 11.2 Å². The molecule has 3 rings (SSSR count). The lowest BCUT2D eigenvalue weighted by atomic mass is 10.1. The minimum atomic E-state index is -0.457. The molecule has 0 spiro atoms. The normalized spacial score (nSPS) is 16.1. The third kappa shape index (κ3) is 2.98. The molecule has 2 aromatic rings. The standard InChI is InChI=1S/C17H22N4O3/c1-20-14-12(16(23)21(2)17(20)24)9-10-13(19-14)15(22)18-11-7-5-3-4-6-8-11/h9-11H,3-8H2,1-2H3,(H,18,22). The van der Waals surface area contributed by atoms with Gasteiger partial charge in [-0.15, -0.1) is 0 Å². The summed E-state index contributed by atoms with van der Waals surface area (Å²) in [5.74, 6) is -0.253. The van der Waals surface area contributed by atoms with Crippen LogP contribution in [0, 0.1) is 0 Å². The van der Waals surface area contributed by atoms with Crippen LogP contribution in [-0.2, 0) is 14.1 Å². The van der Waals surface area contributed by atoms with Crippen LogP contribution in [0.15, 0.2) is 21.7 Å². The number of carbonyl (C=O) groups is 1. The molecular formula is C17H22N4O3. The van der Waals surface area contributed by atoms with Crippen LogP contribution in [0.4, 0.5) is 0 Å². The van der Waals surface area contributed by atoms with E-state index in [1.54, 1.807) is 19.2 Å². The molecule has 0 radical (unpaired) electrons. The number of pyridine rings is 1. The number of hydrogen-bond acceptors (Lipinski definition) is 4. The smallest absolute Gasteiger partial charge is 0.332 e. The summed E-state index contributed by atoms with van der Waals surface area (Å²) >= 11 is 0. The van der Waals surface area contributed by atoms with Crippen molar-refractivity contribution in [2.24, 2.45) is 14.1 Å². The Kier molecular flexibility index (Phi) is 4.51. The van der Waals surface area contributed by atoms with Gasteiger partial charge in [0.05, 0.1) is 5.39 Å². The molecule has 24 heavy (non-hydrogen) atoms. The average molecular weight is 330 g/mol. The molecule has 128 valence electrons. The molecule has 0 saturated heterocycles. The molecule has 0 unspecified atom stereocenters. The SMILES string of the molecule is Cn1c(=O)c2ccc(C(=O)NC3CCCCCC3)nc2n(C)c1=O. The zero-order valence-corrected chi connectivity index (χ0v) is 14.0. The Morgan fingerprint density at radius 2 is 1.75 bits per heavy atom. The summed E-state index contributed by atoms with van der Waals surface area (Å²) in [6.07, 6.45) is 6.65. The summed E-state index contributed by atoms with van der Waals surface area (Å²) < 4.78 is 2.33. The molecule has 0 atom stereocenters. The molecule has 7 nitrogen and oxygen atoms in total. The first-order valence-electron chi connectivity index (χ1n) is 8.36. The van der Waals surface area contributed by atoms with E-state index in [0.29, 0.717) is 5.39 Å². The second kappa shape index (κ2) is 6.59. The molecule has 1 amide bonds. The highest BCUT2D eigenvalue weighted by Crippen LogP contribution is 2.17. The summed E-state index contributed by atoms with van der Waals surface area (Å²) in [4.78, 5) is 40.9. The number of rotatable bonds is 2. The van der Waals surface area contributed by atoms with Crippen LogP contribution in [0.1, 0.15) is 49.0 Å². The maximum absolute atomic E-state index is 12.5. The average Bonchev–Trinajstić information content (AvgIpc) is 2.86. The minimum Gasteiger partial charge on any atom is -0.348 e. The van der Waals surface area contributed by atoms with Gasteiger partial charge in [0.2, 0.25) is 0 Å². The second-order valence-electron chi connectivity index (χ2n) is 6.44. The molecule has 1 fully saturated rings. The van der Waals surface area contributed by atoms with E-state index in [1.165, 1.54) is 24.5 Å². The summed E-state index contributed by atoms with van der Waals surface area (Å²) in [7, 11) is 2.97. The van der Waals surface area contributed by atoms with Gasteiger partial charge in [0, 0.05) is 20.1 Å². The number of nitrogens with one attached hydrogen (secondary N) is 1. The van der Waals surface area contributed by atoms with Crippen LogP contribution in [0.5, 0.6) is 0 Å². The number of nitrogens with zero attached hydrogens (tertiary/aromatic N) is 3. The van der Waals surface area contributed by atoms with Gasteiger partial charge in [0.1, 0.15) is 11.3 Å². The van der Waals surface area contributed by atoms with Crippen molar-refractivity contribution >= 4 is 16.9 Å². The Morgan fingerprint density at radius 3 is 2.42 bits per heavy atom. The first kappa shape index (κ1) is 16.4. The molecule has 2 aromatic heterocycles. The van der Waals surface area contributed by atoms with Crippen molar-refractivity contribution in [3.8, 4) is 0 Å². The fourth-order valence-electron chi connectivity index (χ4n) is 3.26. The molecule has 7 heteroatoms. The Morgan fingerprint density at radius 1 is 1.08 bits per heavy atom. The minimum absolute atomic E-state index is 0.171. The van der Waals surface area contributed by atoms with Crippen LogP contribution >= 0.6 is 0 Å². The quantitative estimate of drug-likeness (QED) is 0.835. The van der Waals surface area contributed by atoms with Crippen molar-refractivity contribution in [1.82, 2.24) is 19.4 Å². The molecule has 0 bridgehead atoms. The Bertz CT molecular complexity index is 889.